The smallest absolute Gasteiger partial charge is 0.0726 e. The van der Waals surface area contributed by atoms with Crippen molar-refractivity contribution in [3.05, 3.63) is 12.2 Å². The van der Waals surface area contributed by atoms with Crippen LogP contribution in [0.15, 0.2) is 12.2 Å². The molecular weight excluding hydrogens is 148 g/mol. The van der Waals surface area contributed by atoms with E-state index in [1.807, 2.05) is 0 Å². The minimum atomic E-state index is 0.200. The number of hydrogen-bond donors (Lipinski definition) is 0. The van der Waals surface area contributed by atoms with Crippen molar-refractivity contribution in [1.82, 2.24) is 0 Å². The molecule has 66 valence electrons. The summed E-state index contributed by atoms with van der Waals surface area (Å²) < 4.78 is 5.96. The van der Waals surface area contributed by atoms with Gasteiger partial charge in [0.2, 0.25) is 0 Å². The van der Waals surface area contributed by atoms with Crippen molar-refractivity contribution < 1.29 is 4.74 Å². The number of hydrogen-bond acceptors (Lipinski definition) is 1. The Morgan fingerprint density at radius 3 is 3.25 bits per heavy atom. The highest BCUT2D eigenvalue weighted by Gasteiger charge is 2.57. The third-order valence-electron chi connectivity index (χ3n) is 4.21. The molecule has 2 bridgehead atoms. The fourth-order valence-corrected chi connectivity index (χ4v) is 3.56. The van der Waals surface area contributed by atoms with Gasteiger partial charge in [0, 0.05) is 5.41 Å². The molecule has 0 spiro atoms. The molecule has 3 atom stereocenters. The van der Waals surface area contributed by atoms with Crippen LogP contribution < -0.4 is 0 Å². The van der Waals surface area contributed by atoms with Crippen LogP contribution in [0.25, 0.3) is 0 Å². The SMILES string of the molecule is C[C@@]12CC=C[C@]3(CCC[C@@H]31)CO2. The molecule has 3 rings (SSSR count). The minimum Gasteiger partial charge on any atom is -0.374 e. The zero-order chi connectivity index (χ0) is 8.23. The highest BCUT2D eigenvalue weighted by molar-refractivity contribution is 5.20. The van der Waals surface area contributed by atoms with Crippen molar-refractivity contribution in [1.29, 1.82) is 0 Å². The van der Waals surface area contributed by atoms with Gasteiger partial charge in [-0.05, 0) is 32.1 Å². The van der Waals surface area contributed by atoms with Crippen LogP contribution in [-0.4, -0.2) is 12.2 Å². The normalized spacial score (nSPS) is 55.9. The van der Waals surface area contributed by atoms with Crippen molar-refractivity contribution >= 4 is 0 Å². The molecule has 1 nitrogen and oxygen atoms in total. The molecule has 1 saturated carbocycles. The van der Waals surface area contributed by atoms with Gasteiger partial charge >= 0.3 is 0 Å². The fourth-order valence-electron chi connectivity index (χ4n) is 3.56. The molecule has 1 aliphatic heterocycles. The molecule has 0 aromatic carbocycles. The van der Waals surface area contributed by atoms with Gasteiger partial charge in [-0.1, -0.05) is 18.6 Å². The molecule has 1 saturated heterocycles. The molecule has 0 unspecified atom stereocenters. The summed E-state index contributed by atoms with van der Waals surface area (Å²) in [6.07, 6.45) is 10.1. The lowest BCUT2D eigenvalue weighted by Crippen LogP contribution is -2.36. The first-order valence-corrected chi connectivity index (χ1v) is 5.07. The van der Waals surface area contributed by atoms with Crippen LogP contribution >= 0.6 is 0 Å². The lowest BCUT2D eigenvalue weighted by atomic mass is 9.68. The molecule has 0 N–H and O–H groups in total. The molecule has 2 fully saturated rings. The standard InChI is InChI=1S/C11H16O/c1-10-5-3-7-11(8-12-10)6-2-4-9(10)11/h3,7,9H,2,4-6,8H2,1H3/t9-,10-,11-/m1/s1. The Balaban J connectivity index is 2.10. The first kappa shape index (κ1) is 7.14. The van der Waals surface area contributed by atoms with Crippen LogP contribution in [0.5, 0.6) is 0 Å². The zero-order valence-electron chi connectivity index (χ0n) is 7.68. The maximum Gasteiger partial charge on any atom is 0.0726 e. The van der Waals surface area contributed by atoms with Crippen molar-refractivity contribution in [2.45, 2.75) is 38.2 Å². The van der Waals surface area contributed by atoms with Crippen molar-refractivity contribution in [2.75, 3.05) is 6.61 Å². The van der Waals surface area contributed by atoms with Crippen LogP contribution in [0.4, 0.5) is 0 Å². The number of ether oxygens (including phenoxy) is 1. The van der Waals surface area contributed by atoms with E-state index >= 15 is 0 Å². The summed E-state index contributed by atoms with van der Waals surface area (Å²) in [6.45, 7) is 3.29. The second-order valence-corrected chi connectivity index (χ2v) is 4.89. The molecule has 0 radical (unpaired) electrons. The van der Waals surface area contributed by atoms with Crippen LogP contribution in [0.1, 0.15) is 32.6 Å². The number of rotatable bonds is 0. The van der Waals surface area contributed by atoms with Gasteiger partial charge in [-0.25, -0.2) is 0 Å². The molecule has 1 heteroatoms. The highest BCUT2D eigenvalue weighted by Crippen LogP contribution is 2.59. The molecule has 3 aliphatic rings. The molecular formula is C11H16O. The van der Waals surface area contributed by atoms with Crippen molar-refractivity contribution in [3.8, 4) is 0 Å². The Morgan fingerprint density at radius 2 is 2.42 bits per heavy atom. The molecule has 0 amide bonds. The van der Waals surface area contributed by atoms with E-state index in [2.05, 4.69) is 19.1 Å². The highest BCUT2D eigenvalue weighted by atomic mass is 16.5. The van der Waals surface area contributed by atoms with Gasteiger partial charge in [-0.2, -0.15) is 0 Å². The van der Waals surface area contributed by atoms with Gasteiger partial charge in [0.05, 0.1) is 12.2 Å². The fraction of sp³-hybridized carbons (Fsp3) is 0.818. The summed E-state index contributed by atoms with van der Waals surface area (Å²) in [6, 6.07) is 0. The minimum absolute atomic E-state index is 0.200. The van der Waals surface area contributed by atoms with E-state index in [-0.39, 0.29) is 5.60 Å². The predicted octanol–water partition coefficient (Wildman–Crippen LogP) is 2.52. The Labute approximate surface area is 73.8 Å². The van der Waals surface area contributed by atoms with Gasteiger partial charge in [-0.15, -0.1) is 0 Å². The Hall–Kier alpha value is -0.300. The van der Waals surface area contributed by atoms with E-state index < -0.39 is 0 Å². The second kappa shape index (κ2) is 1.95. The van der Waals surface area contributed by atoms with E-state index in [1.54, 1.807) is 0 Å². The monoisotopic (exact) mass is 164 g/mol. The third kappa shape index (κ3) is 0.646. The van der Waals surface area contributed by atoms with E-state index in [4.69, 9.17) is 4.74 Å². The van der Waals surface area contributed by atoms with Crippen LogP contribution in [0, 0.1) is 11.3 Å². The summed E-state index contributed by atoms with van der Waals surface area (Å²) in [5, 5.41) is 0. The predicted molar refractivity (Wildman–Crippen MR) is 47.9 cm³/mol. The van der Waals surface area contributed by atoms with Crippen LogP contribution in [-0.2, 0) is 4.74 Å². The lowest BCUT2D eigenvalue weighted by molar-refractivity contribution is -0.00476. The topological polar surface area (TPSA) is 9.23 Å². The first-order valence-electron chi connectivity index (χ1n) is 5.07. The Bertz CT molecular complexity index is 245. The third-order valence-corrected chi connectivity index (χ3v) is 4.21. The summed E-state index contributed by atoms with van der Waals surface area (Å²) in [7, 11) is 0. The van der Waals surface area contributed by atoms with E-state index in [0.717, 1.165) is 18.9 Å². The van der Waals surface area contributed by atoms with Gasteiger partial charge < -0.3 is 4.74 Å². The average Bonchev–Trinajstić information content (AvgIpc) is 2.50. The van der Waals surface area contributed by atoms with Gasteiger partial charge in [0.1, 0.15) is 0 Å². The Kier molecular flexibility index (Phi) is 1.16. The summed E-state index contributed by atoms with van der Waals surface area (Å²) in [4.78, 5) is 0. The molecule has 0 aromatic rings. The zero-order valence-corrected chi connectivity index (χ0v) is 7.68. The quantitative estimate of drug-likeness (QED) is 0.500. The first-order chi connectivity index (χ1) is 5.75. The Morgan fingerprint density at radius 1 is 1.50 bits per heavy atom. The van der Waals surface area contributed by atoms with Gasteiger partial charge in [-0.3, -0.25) is 0 Å². The summed E-state index contributed by atoms with van der Waals surface area (Å²) >= 11 is 0. The molecule has 12 heavy (non-hydrogen) atoms. The molecule has 0 aromatic heterocycles. The van der Waals surface area contributed by atoms with E-state index in [0.29, 0.717) is 5.41 Å². The van der Waals surface area contributed by atoms with E-state index in [9.17, 15) is 0 Å². The van der Waals surface area contributed by atoms with Crippen molar-refractivity contribution in [3.63, 3.8) is 0 Å². The van der Waals surface area contributed by atoms with Gasteiger partial charge in [0.25, 0.3) is 0 Å². The maximum absolute atomic E-state index is 5.96. The van der Waals surface area contributed by atoms with Crippen molar-refractivity contribution in [2.24, 2.45) is 11.3 Å². The summed E-state index contributed by atoms with van der Waals surface area (Å²) in [5.74, 6) is 0.829. The van der Waals surface area contributed by atoms with Crippen LogP contribution in [0.2, 0.25) is 0 Å². The van der Waals surface area contributed by atoms with Gasteiger partial charge in [0.15, 0.2) is 0 Å². The summed E-state index contributed by atoms with van der Waals surface area (Å²) in [5.41, 5.74) is 0.665. The van der Waals surface area contributed by atoms with E-state index in [1.165, 1.54) is 19.3 Å². The maximum atomic E-state index is 5.96. The largest absolute Gasteiger partial charge is 0.374 e. The average molecular weight is 164 g/mol. The van der Waals surface area contributed by atoms with Crippen LogP contribution in [0.3, 0.4) is 0 Å². The molecule has 1 heterocycles. The lowest BCUT2D eigenvalue weighted by Gasteiger charge is -2.35. The second-order valence-electron chi connectivity index (χ2n) is 4.89. The molecule has 2 aliphatic carbocycles.